The molecule has 0 spiro atoms. The quantitative estimate of drug-likeness (QED) is 0.817. The van der Waals surface area contributed by atoms with Gasteiger partial charge in [-0.3, -0.25) is 4.79 Å². The minimum atomic E-state index is 0.180. The van der Waals surface area contributed by atoms with E-state index in [1.165, 1.54) is 11.1 Å². The van der Waals surface area contributed by atoms with Crippen LogP contribution >= 0.6 is 0 Å². The van der Waals surface area contributed by atoms with Crippen molar-refractivity contribution in [1.29, 1.82) is 0 Å². The minimum Gasteiger partial charge on any atom is -0.497 e. The molecule has 0 N–H and O–H groups in total. The molecule has 1 aliphatic carbocycles. The lowest BCUT2D eigenvalue weighted by atomic mass is 9.78. The van der Waals surface area contributed by atoms with Crippen LogP contribution in [-0.4, -0.2) is 19.5 Å². The van der Waals surface area contributed by atoms with Crippen molar-refractivity contribution in [3.8, 4) is 5.75 Å². The summed E-state index contributed by atoms with van der Waals surface area (Å²) in [7, 11) is 1.67. The molecule has 1 aromatic rings. The molecule has 0 fully saturated rings. The van der Waals surface area contributed by atoms with E-state index in [1.807, 2.05) is 12.1 Å². The SMILES string of the molecule is COc1ccc(C2CCC(=O)C3=C2CCCO3)cc1. The maximum absolute atomic E-state index is 11.9. The fourth-order valence-electron chi connectivity index (χ4n) is 3.00. The zero-order valence-corrected chi connectivity index (χ0v) is 11.1. The summed E-state index contributed by atoms with van der Waals surface area (Å²) in [6.45, 7) is 0.680. The molecular formula is C16H18O3. The molecule has 3 rings (SSSR count). The lowest BCUT2D eigenvalue weighted by Gasteiger charge is -2.31. The van der Waals surface area contributed by atoms with Crippen LogP contribution in [0, 0.1) is 0 Å². The van der Waals surface area contributed by atoms with Gasteiger partial charge in [-0.15, -0.1) is 0 Å². The second kappa shape index (κ2) is 5.08. The summed E-state index contributed by atoms with van der Waals surface area (Å²) in [6, 6.07) is 8.16. The van der Waals surface area contributed by atoms with Gasteiger partial charge < -0.3 is 9.47 Å². The van der Waals surface area contributed by atoms with Crippen LogP contribution in [0.25, 0.3) is 0 Å². The standard InChI is InChI=1S/C16H18O3/c1-18-12-6-4-11(5-7-12)13-8-9-15(17)16-14(13)3-2-10-19-16/h4-7,13H,2-3,8-10H2,1H3. The van der Waals surface area contributed by atoms with Crippen LogP contribution in [0.2, 0.25) is 0 Å². The zero-order valence-electron chi connectivity index (χ0n) is 11.1. The molecule has 2 aliphatic rings. The van der Waals surface area contributed by atoms with Gasteiger partial charge >= 0.3 is 0 Å². The summed E-state index contributed by atoms with van der Waals surface area (Å²) in [4.78, 5) is 11.9. The van der Waals surface area contributed by atoms with E-state index in [2.05, 4.69) is 12.1 Å². The summed E-state index contributed by atoms with van der Waals surface area (Å²) in [5.41, 5.74) is 2.46. The van der Waals surface area contributed by atoms with Gasteiger partial charge in [-0.1, -0.05) is 12.1 Å². The van der Waals surface area contributed by atoms with Crippen LogP contribution in [0.1, 0.15) is 37.2 Å². The van der Waals surface area contributed by atoms with Crippen molar-refractivity contribution in [1.82, 2.24) is 0 Å². The summed E-state index contributed by atoms with van der Waals surface area (Å²) < 4.78 is 10.8. The highest BCUT2D eigenvalue weighted by molar-refractivity contribution is 5.95. The van der Waals surface area contributed by atoms with E-state index in [0.717, 1.165) is 25.0 Å². The fraction of sp³-hybridized carbons (Fsp3) is 0.438. The second-order valence-corrected chi connectivity index (χ2v) is 5.09. The summed E-state index contributed by atoms with van der Waals surface area (Å²) in [5.74, 6) is 2.03. The van der Waals surface area contributed by atoms with Gasteiger partial charge in [0.15, 0.2) is 11.5 Å². The number of carbonyl (C=O) groups excluding carboxylic acids is 1. The largest absolute Gasteiger partial charge is 0.497 e. The Balaban J connectivity index is 1.94. The maximum Gasteiger partial charge on any atom is 0.197 e. The van der Waals surface area contributed by atoms with Crippen LogP contribution in [0.15, 0.2) is 35.6 Å². The van der Waals surface area contributed by atoms with Gasteiger partial charge in [-0.2, -0.15) is 0 Å². The van der Waals surface area contributed by atoms with Crippen molar-refractivity contribution in [2.24, 2.45) is 0 Å². The molecule has 1 unspecified atom stereocenters. The first-order valence-corrected chi connectivity index (χ1v) is 6.82. The Bertz CT molecular complexity index is 513. The Morgan fingerprint density at radius 1 is 1.21 bits per heavy atom. The number of ketones is 1. The topological polar surface area (TPSA) is 35.5 Å². The number of allylic oxidation sites excluding steroid dienone is 2. The number of hydrogen-bond donors (Lipinski definition) is 0. The number of rotatable bonds is 2. The lowest BCUT2D eigenvalue weighted by molar-refractivity contribution is -0.120. The first-order chi connectivity index (χ1) is 9.29. The molecule has 0 amide bonds. The van der Waals surface area contributed by atoms with Gasteiger partial charge in [0.05, 0.1) is 13.7 Å². The van der Waals surface area contributed by atoms with E-state index in [-0.39, 0.29) is 5.78 Å². The van der Waals surface area contributed by atoms with Crippen LogP contribution in [0.3, 0.4) is 0 Å². The first kappa shape index (κ1) is 12.3. The van der Waals surface area contributed by atoms with Crippen molar-refractivity contribution < 1.29 is 14.3 Å². The maximum atomic E-state index is 11.9. The third kappa shape index (κ3) is 2.25. The van der Waals surface area contributed by atoms with Crippen molar-refractivity contribution >= 4 is 5.78 Å². The van der Waals surface area contributed by atoms with Crippen molar-refractivity contribution in [3.05, 3.63) is 41.2 Å². The first-order valence-electron chi connectivity index (χ1n) is 6.82. The molecule has 0 saturated carbocycles. The van der Waals surface area contributed by atoms with E-state index in [4.69, 9.17) is 9.47 Å². The molecule has 1 heterocycles. The third-order valence-electron chi connectivity index (χ3n) is 3.98. The normalized spacial score (nSPS) is 22.8. The third-order valence-corrected chi connectivity index (χ3v) is 3.98. The summed E-state index contributed by atoms with van der Waals surface area (Å²) in [5, 5.41) is 0. The van der Waals surface area contributed by atoms with Gasteiger partial charge in [-0.05, 0) is 42.5 Å². The Morgan fingerprint density at radius 2 is 2.00 bits per heavy atom. The number of carbonyl (C=O) groups is 1. The van der Waals surface area contributed by atoms with Crippen molar-refractivity contribution in [2.75, 3.05) is 13.7 Å². The predicted octanol–water partition coefficient (Wildman–Crippen LogP) is 3.21. The lowest BCUT2D eigenvalue weighted by Crippen LogP contribution is -2.23. The van der Waals surface area contributed by atoms with Gasteiger partial charge in [0.25, 0.3) is 0 Å². The van der Waals surface area contributed by atoms with Gasteiger partial charge in [-0.25, -0.2) is 0 Å². The van der Waals surface area contributed by atoms with Crippen LogP contribution in [0.4, 0.5) is 0 Å². The van der Waals surface area contributed by atoms with Crippen LogP contribution in [-0.2, 0) is 9.53 Å². The Morgan fingerprint density at radius 3 is 2.74 bits per heavy atom. The molecule has 0 aromatic heterocycles. The van der Waals surface area contributed by atoms with Gasteiger partial charge in [0, 0.05) is 12.3 Å². The van der Waals surface area contributed by atoms with Crippen LogP contribution < -0.4 is 4.74 Å². The highest BCUT2D eigenvalue weighted by Gasteiger charge is 2.32. The molecule has 0 bridgehead atoms. The van der Waals surface area contributed by atoms with Gasteiger partial charge in [0.2, 0.25) is 0 Å². The molecule has 3 heteroatoms. The highest BCUT2D eigenvalue weighted by Crippen LogP contribution is 2.41. The molecule has 0 saturated heterocycles. The second-order valence-electron chi connectivity index (χ2n) is 5.09. The Hall–Kier alpha value is -1.77. The van der Waals surface area contributed by atoms with Crippen LogP contribution in [0.5, 0.6) is 5.75 Å². The van der Waals surface area contributed by atoms with E-state index < -0.39 is 0 Å². The van der Waals surface area contributed by atoms with Crippen molar-refractivity contribution in [2.45, 2.75) is 31.6 Å². The highest BCUT2D eigenvalue weighted by atomic mass is 16.5. The monoisotopic (exact) mass is 258 g/mol. The molecule has 1 atom stereocenters. The van der Waals surface area contributed by atoms with E-state index >= 15 is 0 Å². The average Bonchev–Trinajstić information content (AvgIpc) is 2.48. The Labute approximate surface area is 113 Å². The number of benzene rings is 1. The summed E-state index contributed by atoms with van der Waals surface area (Å²) >= 11 is 0. The number of hydrogen-bond acceptors (Lipinski definition) is 3. The molecule has 3 nitrogen and oxygen atoms in total. The van der Waals surface area contributed by atoms with E-state index in [0.29, 0.717) is 24.7 Å². The molecule has 100 valence electrons. The smallest absolute Gasteiger partial charge is 0.197 e. The zero-order chi connectivity index (χ0) is 13.2. The predicted molar refractivity (Wildman–Crippen MR) is 72.2 cm³/mol. The number of ether oxygens (including phenoxy) is 2. The molecular weight excluding hydrogens is 240 g/mol. The van der Waals surface area contributed by atoms with E-state index in [9.17, 15) is 4.79 Å². The molecule has 1 aromatic carbocycles. The molecule has 19 heavy (non-hydrogen) atoms. The van der Waals surface area contributed by atoms with Crippen molar-refractivity contribution in [3.63, 3.8) is 0 Å². The number of Topliss-reactive ketones (excluding diaryl/α,β-unsaturated/α-hetero) is 1. The fourth-order valence-corrected chi connectivity index (χ4v) is 3.00. The number of methoxy groups -OCH3 is 1. The van der Waals surface area contributed by atoms with E-state index in [1.54, 1.807) is 7.11 Å². The van der Waals surface area contributed by atoms with Gasteiger partial charge in [0.1, 0.15) is 5.75 Å². The minimum absolute atomic E-state index is 0.180. The average molecular weight is 258 g/mol. The molecule has 1 aliphatic heterocycles. The Kier molecular flexibility index (Phi) is 3.28. The molecule has 0 radical (unpaired) electrons. The summed E-state index contributed by atoms with van der Waals surface area (Å²) in [6.07, 6.45) is 3.49.